The SMILES string of the molecule is COC(C)COC(=O)[C@H](C)Cl. The Morgan fingerprint density at radius 3 is 2.45 bits per heavy atom. The second-order valence-electron chi connectivity index (χ2n) is 2.29. The molecule has 0 aromatic heterocycles. The van der Waals surface area contributed by atoms with E-state index in [-0.39, 0.29) is 12.7 Å². The van der Waals surface area contributed by atoms with Gasteiger partial charge in [0.25, 0.3) is 0 Å². The highest BCUT2D eigenvalue weighted by Crippen LogP contribution is 1.98. The zero-order valence-corrected chi connectivity index (χ0v) is 7.72. The van der Waals surface area contributed by atoms with Gasteiger partial charge in [0.15, 0.2) is 0 Å². The number of methoxy groups -OCH3 is 1. The van der Waals surface area contributed by atoms with E-state index in [4.69, 9.17) is 21.1 Å². The van der Waals surface area contributed by atoms with Gasteiger partial charge >= 0.3 is 5.97 Å². The average molecular weight is 181 g/mol. The summed E-state index contributed by atoms with van der Waals surface area (Å²) in [4.78, 5) is 10.8. The van der Waals surface area contributed by atoms with E-state index >= 15 is 0 Å². The Morgan fingerprint density at radius 1 is 1.55 bits per heavy atom. The second kappa shape index (κ2) is 5.38. The van der Waals surface area contributed by atoms with Crippen LogP contribution < -0.4 is 0 Å². The van der Waals surface area contributed by atoms with Gasteiger partial charge < -0.3 is 9.47 Å². The summed E-state index contributed by atoms with van der Waals surface area (Å²) in [5.74, 6) is -0.407. The van der Waals surface area contributed by atoms with E-state index in [2.05, 4.69) is 0 Å². The number of rotatable bonds is 4. The Balaban J connectivity index is 3.46. The van der Waals surface area contributed by atoms with Gasteiger partial charge in [0.05, 0.1) is 6.10 Å². The lowest BCUT2D eigenvalue weighted by atomic mass is 10.4. The molecule has 0 fully saturated rings. The molecule has 0 aliphatic heterocycles. The van der Waals surface area contributed by atoms with E-state index in [0.29, 0.717) is 0 Å². The van der Waals surface area contributed by atoms with Crippen molar-refractivity contribution in [3.05, 3.63) is 0 Å². The van der Waals surface area contributed by atoms with E-state index in [9.17, 15) is 4.79 Å². The number of carbonyl (C=O) groups is 1. The molecule has 0 radical (unpaired) electrons. The number of hydrogen-bond acceptors (Lipinski definition) is 3. The van der Waals surface area contributed by atoms with Crippen LogP contribution in [0.25, 0.3) is 0 Å². The van der Waals surface area contributed by atoms with Gasteiger partial charge in [-0.2, -0.15) is 0 Å². The molecule has 1 unspecified atom stereocenters. The molecule has 0 rings (SSSR count). The highest BCUT2D eigenvalue weighted by atomic mass is 35.5. The molecular formula is C7H13ClO3. The highest BCUT2D eigenvalue weighted by molar-refractivity contribution is 6.29. The zero-order chi connectivity index (χ0) is 8.85. The smallest absolute Gasteiger partial charge is 0.323 e. The van der Waals surface area contributed by atoms with Crippen molar-refractivity contribution in [1.82, 2.24) is 0 Å². The van der Waals surface area contributed by atoms with E-state index in [1.165, 1.54) is 0 Å². The monoisotopic (exact) mass is 180 g/mol. The van der Waals surface area contributed by atoms with Crippen LogP contribution in [-0.2, 0) is 14.3 Å². The van der Waals surface area contributed by atoms with Gasteiger partial charge in [0, 0.05) is 7.11 Å². The highest BCUT2D eigenvalue weighted by Gasteiger charge is 2.11. The molecule has 0 aromatic carbocycles. The minimum atomic E-state index is -0.584. The first-order valence-electron chi connectivity index (χ1n) is 3.41. The van der Waals surface area contributed by atoms with Crippen molar-refractivity contribution in [2.24, 2.45) is 0 Å². The quantitative estimate of drug-likeness (QED) is 0.482. The van der Waals surface area contributed by atoms with Gasteiger partial charge in [-0.05, 0) is 13.8 Å². The maximum absolute atomic E-state index is 10.8. The van der Waals surface area contributed by atoms with Crippen molar-refractivity contribution in [1.29, 1.82) is 0 Å². The lowest BCUT2D eigenvalue weighted by Crippen LogP contribution is -2.21. The number of ether oxygens (including phenoxy) is 2. The predicted molar refractivity (Wildman–Crippen MR) is 42.7 cm³/mol. The van der Waals surface area contributed by atoms with Gasteiger partial charge in [0.1, 0.15) is 12.0 Å². The average Bonchev–Trinajstić information content (AvgIpc) is 1.99. The summed E-state index contributed by atoms with van der Waals surface area (Å²) in [5, 5.41) is -0.584. The van der Waals surface area contributed by atoms with Crippen LogP contribution in [-0.4, -0.2) is 31.2 Å². The molecule has 0 N–H and O–H groups in total. The van der Waals surface area contributed by atoms with Crippen LogP contribution in [0.1, 0.15) is 13.8 Å². The lowest BCUT2D eigenvalue weighted by molar-refractivity contribution is -0.146. The van der Waals surface area contributed by atoms with Gasteiger partial charge in [-0.1, -0.05) is 0 Å². The Morgan fingerprint density at radius 2 is 2.09 bits per heavy atom. The molecule has 66 valence electrons. The van der Waals surface area contributed by atoms with Crippen molar-refractivity contribution < 1.29 is 14.3 Å². The van der Waals surface area contributed by atoms with Gasteiger partial charge in [0.2, 0.25) is 0 Å². The van der Waals surface area contributed by atoms with Crippen molar-refractivity contribution in [2.75, 3.05) is 13.7 Å². The Hall–Kier alpha value is -0.280. The van der Waals surface area contributed by atoms with Crippen LogP contribution in [0, 0.1) is 0 Å². The summed E-state index contributed by atoms with van der Waals surface area (Å²) in [6, 6.07) is 0. The fraction of sp³-hybridized carbons (Fsp3) is 0.857. The molecule has 0 amide bonds. The molecule has 0 saturated heterocycles. The van der Waals surface area contributed by atoms with E-state index in [1.807, 2.05) is 6.92 Å². The third-order valence-corrected chi connectivity index (χ3v) is 1.37. The first-order chi connectivity index (χ1) is 5.07. The van der Waals surface area contributed by atoms with Gasteiger partial charge in [-0.3, -0.25) is 4.79 Å². The minimum absolute atomic E-state index is 0.0747. The summed E-state index contributed by atoms with van der Waals surface area (Å²) in [6.45, 7) is 3.64. The van der Waals surface area contributed by atoms with Gasteiger partial charge in [-0.15, -0.1) is 11.6 Å². The Bertz CT molecular complexity index is 125. The second-order valence-corrected chi connectivity index (χ2v) is 2.95. The zero-order valence-electron chi connectivity index (χ0n) is 6.96. The summed E-state index contributed by atoms with van der Waals surface area (Å²) in [5.41, 5.74) is 0. The maximum Gasteiger partial charge on any atom is 0.323 e. The third kappa shape index (κ3) is 5.04. The Kier molecular flexibility index (Phi) is 5.24. The standard InChI is InChI=1S/C7H13ClO3/c1-5(10-3)4-11-7(9)6(2)8/h5-6H,4H2,1-3H3/t5?,6-/m0/s1. The van der Waals surface area contributed by atoms with Crippen molar-refractivity contribution in [3.63, 3.8) is 0 Å². The van der Waals surface area contributed by atoms with Crippen LogP contribution >= 0.6 is 11.6 Å². The Labute approximate surface area is 71.6 Å². The largest absolute Gasteiger partial charge is 0.462 e. The number of halogens is 1. The molecule has 2 atom stereocenters. The predicted octanol–water partition coefficient (Wildman–Crippen LogP) is 1.19. The summed E-state index contributed by atoms with van der Waals surface area (Å²) < 4.78 is 9.62. The molecule has 0 aromatic rings. The molecular weight excluding hydrogens is 168 g/mol. The molecule has 0 aliphatic rings. The number of carbonyl (C=O) groups excluding carboxylic acids is 1. The fourth-order valence-electron chi connectivity index (χ4n) is 0.382. The minimum Gasteiger partial charge on any atom is -0.462 e. The van der Waals surface area contributed by atoms with Crippen LogP contribution in [0.15, 0.2) is 0 Å². The van der Waals surface area contributed by atoms with Crippen molar-refractivity contribution in [3.8, 4) is 0 Å². The van der Waals surface area contributed by atoms with E-state index in [0.717, 1.165) is 0 Å². The van der Waals surface area contributed by atoms with Gasteiger partial charge in [-0.25, -0.2) is 0 Å². The number of alkyl halides is 1. The van der Waals surface area contributed by atoms with Crippen molar-refractivity contribution in [2.45, 2.75) is 25.3 Å². The molecule has 0 saturated carbocycles. The third-order valence-electron chi connectivity index (χ3n) is 1.19. The molecule has 11 heavy (non-hydrogen) atoms. The summed E-state index contributed by atoms with van der Waals surface area (Å²) in [6.07, 6.45) is -0.0747. The van der Waals surface area contributed by atoms with Crippen molar-refractivity contribution >= 4 is 17.6 Å². The first kappa shape index (κ1) is 10.7. The molecule has 0 heterocycles. The lowest BCUT2D eigenvalue weighted by Gasteiger charge is -2.10. The van der Waals surface area contributed by atoms with E-state index in [1.54, 1.807) is 14.0 Å². The molecule has 0 aliphatic carbocycles. The van der Waals surface area contributed by atoms with Crippen LogP contribution in [0.5, 0.6) is 0 Å². The maximum atomic E-state index is 10.8. The molecule has 3 nitrogen and oxygen atoms in total. The number of esters is 1. The van der Waals surface area contributed by atoms with Crippen LogP contribution in [0.2, 0.25) is 0 Å². The molecule has 0 spiro atoms. The summed E-state index contributed by atoms with van der Waals surface area (Å²) in [7, 11) is 1.56. The number of hydrogen-bond donors (Lipinski definition) is 0. The van der Waals surface area contributed by atoms with E-state index < -0.39 is 11.3 Å². The van der Waals surface area contributed by atoms with Crippen LogP contribution in [0.4, 0.5) is 0 Å². The topological polar surface area (TPSA) is 35.5 Å². The van der Waals surface area contributed by atoms with Crippen LogP contribution in [0.3, 0.4) is 0 Å². The fourth-order valence-corrected chi connectivity index (χ4v) is 0.445. The first-order valence-corrected chi connectivity index (χ1v) is 3.85. The molecule has 0 bridgehead atoms. The normalized spacial score (nSPS) is 15.6. The molecule has 4 heteroatoms. The summed E-state index contributed by atoms with van der Waals surface area (Å²) >= 11 is 5.44.